The standard InChI is InChI=1S/C7H14N2O2S/c1-5-6-8-12(10,11)9-7(2,3)4/h1,8-9H,6H2,2-4H3. The van der Waals surface area contributed by atoms with Gasteiger partial charge in [0.05, 0.1) is 6.54 Å². The van der Waals surface area contributed by atoms with E-state index in [0.29, 0.717) is 0 Å². The highest BCUT2D eigenvalue weighted by Gasteiger charge is 2.18. The van der Waals surface area contributed by atoms with Crippen LogP contribution in [0.2, 0.25) is 0 Å². The second-order valence-corrected chi connectivity index (χ2v) is 4.88. The molecule has 0 saturated carbocycles. The first-order chi connectivity index (χ1) is 5.27. The van der Waals surface area contributed by atoms with Crippen molar-refractivity contribution < 1.29 is 8.42 Å². The summed E-state index contributed by atoms with van der Waals surface area (Å²) in [5.74, 6) is 2.18. The molecule has 0 fully saturated rings. The summed E-state index contributed by atoms with van der Waals surface area (Å²) in [5, 5.41) is 0. The lowest BCUT2D eigenvalue weighted by Gasteiger charge is -2.19. The van der Waals surface area contributed by atoms with Crippen LogP contribution in [0, 0.1) is 12.3 Å². The average Bonchev–Trinajstić information content (AvgIpc) is 1.78. The Hall–Kier alpha value is -0.570. The number of terminal acetylenes is 1. The molecule has 0 aromatic heterocycles. The molecule has 70 valence electrons. The van der Waals surface area contributed by atoms with Gasteiger partial charge in [0.15, 0.2) is 0 Å². The predicted octanol–water partition coefficient (Wildman–Crippen LogP) is -0.158. The van der Waals surface area contributed by atoms with Gasteiger partial charge in [0.25, 0.3) is 10.2 Å². The van der Waals surface area contributed by atoms with Crippen LogP contribution in [0.15, 0.2) is 0 Å². The fourth-order valence-corrected chi connectivity index (χ4v) is 1.73. The smallest absolute Gasteiger partial charge is 0.197 e. The summed E-state index contributed by atoms with van der Waals surface area (Å²) in [6.45, 7) is 5.26. The maximum atomic E-state index is 11.1. The highest BCUT2D eigenvalue weighted by Crippen LogP contribution is 1.99. The average molecular weight is 190 g/mol. The molecule has 0 aromatic carbocycles. The molecule has 0 aliphatic carbocycles. The molecule has 0 aliphatic heterocycles. The van der Waals surface area contributed by atoms with E-state index in [-0.39, 0.29) is 6.54 Å². The van der Waals surface area contributed by atoms with Gasteiger partial charge in [-0.3, -0.25) is 0 Å². The highest BCUT2D eigenvalue weighted by atomic mass is 32.2. The van der Waals surface area contributed by atoms with Crippen LogP contribution in [0.4, 0.5) is 0 Å². The van der Waals surface area contributed by atoms with Gasteiger partial charge in [0, 0.05) is 5.54 Å². The Morgan fingerprint density at radius 1 is 1.42 bits per heavy atom. The monoisotopic (exact) mass is 190 g/mol. The lowest BCUT2D eigenvalue weighted by Crippen LogP contribution is -2.46. The van der Waals surface area contributed by atoms with Crippen LogP contribution in [0.3, 0.4) is 0 Å². The van der Waals surface area contributed by atoms with Crippen LogP contribution >= 0.6 is 0 Å². The van der Waals surface area contributed by atoms with Crippen molar-refractivity contribution in [2.45, 2.75) is 26.3 Å². The summed E-state index contributed by atoms with van der Waals surface area (Å²) < 4.78 is 26.8. The quantitative estimate of drug-likeness (QED) is 0.608. The molecule has 0 atom stereocenters. The van der Waals surface area contributed by atoms with Crippen LogP contribution in [-0.2, 0) is 10.2 Å². The summed E-state index contributed by atoms with van der Waals surface area (Å²) in [6, 6.07) is 0. The third kappa shape index (κ3) is 6.16. The first-order valence-electron chi connectivity index (χ1n) is 3.49. The molecular weight excluding hydrogens is 176 g/mol. The summed E-state index contributed by atoms with van der Waals surface area (Å²) in [7, 11) is -3.44. The first kappa shape index (κ1) is 11.4. The van der Waals surface area contributed by atoms with E-state index in [0.717, 1.165) is 0 Å². The van der Waals surface area contributed by atoms with Crippen molar-refractivity contribution in [1.29, 1.82) is 0 Å². The number of hydrogen-bond donors (Lipinski definition) is 2. The zero-order valence-corrected chi connectivity index (χ0v) is 8.33. The topological polar surface area (TPSA) is 58.2 Å². The lowest BCUT2D eigenvalue weighted by molar-refractivity contribution is 0.486. The van der Waals surface area contributed by atoms with E-state index in [1.165, 1.54) is 0 Å². The van der Waals surface area contributed by atoms with Crippen molar-refractivity contribution in [1.82, 2.24) is 9.44 Å². The van der Waals surface area contributed by atoms with E-state index in [1.807, 2.05) is 0 Å². The van der Waals surface area contributed by atoms with E-state index in [1.54, 1.807) is 20.8 Å². The van der Waals surface area contributed by atoms with Gasteiger partial charge in [0.1, 0.15) is 0 Å². The van der Waals surface area contributed by atoms with Gasteiger partial charge in [-0.05, 0) is 20.8 Å². The Bertz CT molecular complexity index is 269. The zero-order valence-electron chi connectivity index (χ0n) is 7.51. The molecule has 0 rings (SSSR count). The Morgan fingerprint density at radius 2 is 1.92 bits per heavy atom. The molecule has 2 N–H and O–H groups in total. The molecule has 0 saturated heterocycles. The molecule has 0 unspecified atom stereocenters. The minimum Gasteiger partial charge on any atom is -0.197 e. The maximum Gasteiger partial charge on any atom is 0.278 e. The maximum absolute atomic E-state index is 11.1. The molecule has 0 aromatic rings. The van der Waals surface area contributed by atoms with Gasteiger partial charge in [-0.2, -0.15) is 17.9 Å². The minimum atomic E-state index is -3.44. The van der Waals surface area contributed by atoms with Gasteiger partial charge < -0.3 is 0 Å². The van der Waals surface area contributed by atoms with Crippen molar-refractivity contribution in [3.05, 3.63) is 0 Å². The molecule has 0 heterocycles. The Morgan fingerprint density at radius 3 is 2.25 bits per heavy atom. The van der Waals surface area contributed by atoms with Crippen molar-refractivity contribution in [2.24, 2.45) is 0 Å². The third-order valence-electron chi connectivity index (χ3n) is 0.805. The summed E-state index contributed by atoms with van der Waals surface area (Å²) in [4.78, 5) is 0. The Balaban J connectivity index is 4.18. The second-order valence-electron chi connectivity index (χ2n) is 3.38. The van der Waals surface area contributed by atoms with Gasteiger partial charge in [0.2, 0.25) is 0 Å². The molecule has 0 aliphatic rings. The Labute approximate surface area is 73.9 Å². The fraction of sp³-hybridized carbons (Fsp3) is 0.714. The zero-order chi connectivity index (χ0) is 9.83. The minimum absolute atomic E-state index is 0.00537. The molecule has 0 spiro atoms. The van der Waals surface area contributed by atoms with E-state index in [2.05, 4.69) is 15.4 Å². The van der Waals surface area contributed by atoms with Gasteiger partial charge in [-0.1, -0.05) is 5.92 Å². The molecular formula is C7H14N2O2S. The third-order valence-corrected chi connectivity index (χ3v) is 2.21. The van der Waals surface area contributed by atoms with Crippen LogP contribution in [-0.4, -0.2) is 20.5 Å². The largest absolute Gasteiger partial charge is 0.278 e. The van der Waals surface area contributed by atoms with E-state index < -0.39 is 15.7 Å². The fourth-order valence-electron chi connectivity index (χ4n) is 0.576. The molecule has 0 bridgehead atoms. The Kier molecular flexibility index (Phi) is 3.71. The van der Waals surface area contributed by atoms with Gasteiger partial charge in [-0.15, -0.1) is 6.42 Å². The number of hydrogen-bond acceptors (Lipinski definition) is 2. The van der Waals surface area contributed by atoms with Crippen LogP contribution in [0.5, 0.6) is 0 Å². The molecule has 12 heavy (non-hydrogen) atoms. The normalized spacial score (nSPS) is 12.5. The van der Waals surface area contributed by atoms with Gasteiger partial charge >= 0.3 is 0 Å². The van der Waals surface area contributed by atoms with E-state index in [9.17, 15) is 8.42 Å². The van der Waals surface area contributed by atoms with Gasteiger partial charge in [-0.25, -0.2) is 0 Å². The molecule has 5 heteroatoms. The van der Waals surface area contributed by atoms with Crippen molar-refractivity contribution in [3.8, 4) is 12.3 Å². The van der Waals surface area contributed by atoms with Crippen molar-refractivity contribution in [2.75, 3.05) is 6.54 Å². The molecule has 0 radical (unpaired) electrons. The number of nitrogens with one attached hydrogen (secondary N) is 2. The summed E-state index contributed by atoms with van der Waals surface area (Å²) in [5.41, 5.74) is -0.486. The van der Waals surface area contributed by atoms with Crippen LogP contribution in [0.25, 0.3) is 0 Å². The van der Waals surface area contributed by atoms with Crippen molar-refractivity contribution >= 4 is 10.2 Å². The number of rotatable bonds is 3. The highest BCUT2D eigenvalue weighted by molar-refractivity contribution is 7.87. The SMILES string of the molecule is C#CCNS(=O)(=O)NC(C)(C)C. The van der Waals surface area contributed by atoms with Crippen molar-refractivity contribution in [3.63, 3.8) is 0 Å². The van der Waals surface area contributed by atoms with E-state index >= 15 is 0 Å². The first-order valence-corrected chi connectivity index (χ1v) is 4.97. The summed E-state index contributed by atoms with van der Waals surface area (Å²) in [6.07, 6.45) is 4.89. The van der Waals surface area contributed by atoms with Crippen LogP contribution < -0.4 is 9.44 Å². The molecule has 4 nitrogen and oxygen atoms in total. The van der Waals surface area contributed by atoms with E-state index in [4.69, 9.17) is 6.42 Å². The predicted molar refractivity (Wildman–Crippen MR) is 48.6 cm³/mol. The summed E-state index contributed by atoms with van der Waals surface area (Å²) >= 11 is 0. The van der Waals surface area contributed by atoms with Crippen LogP contribution in [0.1, 0.15) is 20.8 Å². The molecule has 0 amide bonds. The second kappa shape index (κ2) is 3.90. The lowest BCUT2D eigenvalue weighted by atomic mass is 10.1.